The molecular formula is C12H12N2O4S. The summed E-state index contributed by atoms with van der Waals surface area (Å²) in [6.45, 7) is 1.76. The molecule has 0 saturated carbocycles. The van der Waals surface area contributed by atoms with Crippen LogP contribution < -0.4 is 5.73 Å². The van der Waals surface area contributed by atoms with Crippen LogP contribution in [-0.4, -0.2) is 32.0 Å². The first-order valence-corrected chi connectivity index (χ1v) is 6.35. The molecular weight excluding hydrogens is 268 g/mol. The summed E-state index contributed by atoms with van der Waals surface area (Å²) in [4.78, 5) is 14.7. The Labute approximate surface area is 112 Å². The number of carboxylic acids is 1. The van der Waals surface area contributed by atoms with Crippen molar-refractivity contribution in [1.29, 1.82) is 0 Å². The summed E-state index contributed by atoms with van der Waals surface area (Å²) in [5.41, 5.74) is 6.65. The molecule has 0 fully saturated rings. The molecule has 5 N–H and O–H groups in total. The van der Waals surface area contributed by atoms with Gasteiger partial charge in [-0.25, -0.2) is 0 Å². The number of aryl methyl sites for hydroxylation is 1. The van der Waals surface area contributed by atoms with Crippen molar-refractivity contribution >= 4 is 34.3 Å². The van der Waals surface area contributed by atoms with Crippen molar-refractivity contribution in [3.05, 3.63) is 17.8 Å². The van der Waals surface area contributed by atoms with Crippen LogP contribution in [0, 0.1) is 6.92 Å². The molecule has 1 heterocycles. The predicted octanol–water partition coefficient (Wildman–Crippen LogP) is 1.71. The van der Waals surface area contributed by atoms with Crippen molar-refractivity contribution in [1.82, 2.24) is 4.98 Å². The van der Waals surface area contributed by atoms with Crippen LogP contribution >= 0.6 is 11.8 Å². The number of nitrogens with zero attached hydrogens (tertiary/aromatic N) is 1. The second-order valence-corrected chi connectivity index (χ2v) is 4.96. The number of hydrogen-bond donors (Lipinski definition) is 4. The van der Waals surface area contributed by atoms with Crippen LogP contribution in [0.25, 0.3) is 10.9 Å². The highest BCUT2D eigenvalue weighted by molar-refractivity contribution is 8.00. The van der Waals surface area contributed by atoms with Crippen molar-refractivity contribution < 1.29 is 20.1 Å². The third-order valence-electron chi connectivity index (χ3n) is 2.68. The number of aliphatic carboxylic acids is 1. The fourth-order valence-corrected chi connectivity index (χ4v) is 2.55. The number of anilines is 1. The first-order valence-electron chi connectivity index (χ1n) is 5.36. The lowest BCUT2D eigenvalue weighted by atomic mass is 10.1. The zero-order valence-electron chi connectivity index (χ0n) is 10.0. The molecule has 0 aliphatic carbocycles. The largest absolute Gasteiger partial charge is 0.505 e. The van der Waals surface area contributed by atoms with Crippen molar-refractivity contribution in [3.63, 3.8) is 0 Å². The molecule has 2 aromatic rings. The lowest BCUT2D eigenvalue weighted by molar-refractivity contribution is -0.133. The smallest absolute Gasteiger partial charge is 0.313 e. The van der Waals surface area contributed by atoms with Crippen LogP contribution in [0.4, 0.5) is 5.69 Å². The van der Waals surface area contributed by atoms with E-state index in [1.807, 2.05) is 0 Å². The number of pyridine rings is 1. The number of nitrogens with two attached hydrogens (primary N) is 1. The average molecular weight is 280 g/mol. The van der Waals surface area contributed by atoms with Crippen LogP contribution in [-0.2, 0) is 4.79 Å². The van der Waals surface area contributed by atoms with E-state index >= 15 is 0 Å². The number of phenolic OH excluding ortho intramolecular Hbond substituents is 2. The SMILES string of the molecule is Cc1ccnc2c(O)c(SCC(=O)O)c(N)c(O)c12. The van der Waals surface area contributed by atoms with Gasteiger partial charge in [-0.15, -0.1) is 11.8 Å². The number of rotatable bonds is 3. The molecule has 0 bridgehead atoms. The maximum atomic E-state index is 10.6. The van der Waals surface area contributed by atoms with Gasteiger partial charge in [0.2, 0.25) is 0 Å². The number of carbonyl (C=O) groups is 1. The second kappa shape index (κ2) is 4.85. The highest BCUT2D eigenvalue weighted by atomic mass is 32.2. The predicted molar refractivity (Wildman–Crippen MR) is 72.6 cm³/mol. The van der Waals surface area contributed by atoms with Crippen LogP contribution in [0.15, 0.2) is 17.2 Å². The van der Waals surface area contributed by atoms with Gasteiger partial charge in [0.15, 0.2) is 5.75 Å². The van der Waals surface area contributed by atoms with Crippen molar-refractivity contribution in [3.8, 4) is 11.5 Å². The van der Waals surface area contributed by atoms with Gasteiger partial charge >= 0.3 is 5.97 Å². The van der Waals surface area contributed by atoms with E-state index in [1.54, 1.807) is 13.0 Å². The Morgan fingerprint density at radius 3 is 2.74 bits per heavy atom. The van der Waals surface area contributed by atoms with E-state index in [0.29, 0.717) is 5.39 Å². The average Bonchev–Trinajstić information content (AvgIpc) is 2.35. The number of benzene rings is 1. The number of nitrogen functional groups attached to an aromatic ring is 1. The fraction of sp³-hybridized carbons (Fsp3) is 0.167. The van der Waals surface area contributed by atoms with Gasteiger partial charge in [0.25, 0.3) is 0 Å². The Balaban J connectivity index is 2.70. The van der Waals surface area contributed by atoms with E-state index < -0.39 is 5.97 Å². The molecule has 100 valence electrons. The Kier molecular flexibility index (Phi) is 3.39. The summed E-state index contributed by atoms with van der Waals surface area (Å²) in [7, 11) is 0. The zero-order valence-corrected chi connectivity index (χ0v) is 10.9. The summed E-state index contributed by atoms with van der Waals surface area (Å²) in [6, 6.07) is 1.69. The Bertz CT molecular complexity index is 673. The maximum Gasteiger partial charge on any atom is 0.313 e. The molecule has 0 atom stereocenters. The first-order chi connectivity index (χ1) is 8.93. The molecule has 0 unspecified atom stereocenters. The summed E-state index contributed by atoms with van der Waals surface area (Å²) in [5.74, 6) is -1.71. The van der Waals surface area contributed by atoms with Crippen molar-refractivity contribution in [2.45, 2.75) is 11.8 Å². The standard InChI is InChI=1S/C12H12N2O4S/c1-5-2-3-14-9-7(5)10(17)8(13)12(11(9)18)19-4-6(15)16/h2-3,17-18H,4,13H2,1H3,(H,15,16). The van der Waals surface area contributed by atoms with Gasteiger partial charge in [-0.2, -0.15) is 0 Å². The quantitative estimate of drug-likeness (QED) is 0.292. The molecule has 0 aliphatic heterocycles. The molecule has 6 nitrogen and oxygen atoms in total. The van der Waals surface area contributed by atoms with E-state index in [0.717, 1.165) is 17.3 Å². The van der Waals surface area contributed by atoms with Gasteiger partial charge in [0, 0.05) is 6.20 Å². The highest BCUT2D eigenvalue weighted by Crippen LogP contribution is 2.46. The Hall–Kier alpha value is -2.15. The van der Waals surface area contributed by atoms with Crippen LogP contribution in [0.5, 0.6) is 11.5 Å². The highest BCUT2D eigenvalue weighted by Gasteiger charge is 2.20. The topological polar surface area (TPSA) is 117 Å². The third kappa shape index (κ3) is 2.24. The molecule has 0 amide bonds. The minimum Gasteiger partial charge on any atom is -0.505 e. The third-order valence-corrected chi connectivity index (χ3v) is 3.77. The monoisotopic (exact) mass is 280 g/mol. The van der Waals surface area contributed by atoms with Crippen molar-refractivity contribution in [2.75, 3.05) is 11.5 Å². The van der Waals surface area contributed by atoms with Crippen LogP contribution in [0.3, 0.4) is 0 Å². The summed E-state index contributed by atoms with van der Waals surface area (Å²) < 4.78 is 0. The van der Waals surface area contributed by atoms with E-state index in [9.17, 15) is 15.0 Å². The van der Waals surface area contributed by atoms with Gasteiger partial charge in [-0.3, -0.25) is 9.78 Å². The summed E-state index contributed by atoms with van der Waals surface area (Å²) >= 11 is 0.842. The Morgan fingerprint density at radius 2 is 2.11 bits per heavy atom. The normalized spacial score (nSPS) is 10.8. The lowest BCUT2D eigenvalue weighted by Gasteiger charge is -2.13. The van der Waals surface area contributed by atoms with Gasteiger partial charge in [-0.1, -0.05) is 0 Å². The molecule has 19 heavy (non-hydrogen) atoms. The minimum absolute atomic E-state index is 0.0349. The van der Waals surface area contributed by atoms with Gasteiger partial charge in [0.05, 0.1) is 21.7 Å². The van der Waals surface area contributed by atoms with E-state index in [2.05, 4.69) is 4.98 Å². The number of aromatic nitrogens is 1. The first kappa shape index (κ1) is 13.3. The number of hydrogen-bond acceptors (Lipinski definition) is 6. The maximum absolute atomic E-state index is 10.6. The summed E-state index contributed by atoms with van der Waals surface area (Å²) in [6.07, 6.45) is 1.50. The fourth-order valence-electron chi connectivity index (χ4n) is 1.79. The van der Waals surface area contributed by atoms with E-state index in [-0.39, 0.29) is 33.4 Å². The summed E-state index contributed by atoms with van der Waals surface area (Å²) in [5, 5.41) is 29.2. The van der Waals surface area contributed by atoms with Gasteiger partial charge in [0.1, 0.15) is 11.3 Å². The van der Waals surface area contributed by atoms with Crippen LogP contribution in [0.1, 0.15) is 5.56 Å². The molecule has 1 aromatic carbocycles. The number of aromatic hydroxyl groups is 2. The van der Waals surface area contributed by atoms with E-state index in [4.69, 9.17) is 10.8 Å². The van der Waals surface area contributed by atoms with Crippen molar-refractivity contribution in [2.24, 2.45) is 0 Å². The number of fused-ring (bicyclic) bond motifs is 1. The molecule has 0 saturated heterocycles. The molecule has 7 heteroatoms. The number of phenols is 2. The van der Waals surface area contributed by atoms with Crippen LogP contribution in [0.2, 0.25) is 0 Å². The number of thioether (sulfide) groups is 1. The molecule has 2 rings (SSSR count). The lowest BCUT2D eigenvalue weighted by Crippen LogP contribution is -2.00. The van der Waals surface area contributed by atoms with Gasteiger partial charge < -0.3 is 21.1 Å². The van der Waals surface area contributed by atoms with E-state index in [1.165, 1.54) is 6.20 Å². The Morgan fingerprint density at radius 1 is 1.42 bits per heavy atom. The molecule has 0 aliphatic rings. The zero-order chi connectivity index (χ0) is 14.2. The minimum atomic E-state index is -1.04. The second-order valence-electron chi connectivity index (χ2n) is 3.97. The molecule has 0 spiro atoms. The van der Waals surface area contributed by atoms with Gasteiger partial charge in [-0.05, 0) is 18.6 Å². The molecule has 1 aromatic heterocycles. The molecule has 0 radical (unpaired) electrons. The number of carboxylic acid groups (broad SMARTS) is 1.